The molecule has 2 amide bonds. The van der Waals surface area contributed by atoms with Gasteiger partial charge in [0.25, 0.3) is 5.91 Å². The Morgan fingerprint density at radius 3 is 2.51 bits per heavy atom. The van der Waals surface area contributed by atoms with Crippen LogP contribution in [0.3, 0.4) is 0 Å². The van der Waals surface area contributed by atoms with E-state index in [0.29, 0.717) is 17.8 Å². The van der Waals surface area contributed by atoms with Gasteiger partial charge in [-0.2, -0.15) is 0 Å². The fourth-order valence-corrected chi connectivity index (χ4v) is 8.02. The van der Waals surface area contributed by atoms with Gasteiger partial charge in [-0.3, -0.25) is 19.3 Å². The highest BCUT2D eigenvalue weighted by Crippen LogP contribution is 2.68. The Morgan fingerprint density at radius 1 is 0.973 bits per heavy atom. The standard InChI is InChI=1S/C30H26BrN3O3/c1-2-17-7-5-9-21-25(17)33-28(37)30(21)29(20-8-3-4-10-22(20)32-27(29)36)24(23-11-6-16-34(23)30)26(35)18-12-14-19(31)15-13-18/h3-5,7-10,12-15,23-24H,2,6,11,16H2,1H3,(H,32,36)(H,33,37)/t23-,24+,29-,30+/m1/s1. The van der Waals surface area contributed by atoms with Gasteiger partial charge in [0.05, 0.1) is 5.92 Å². The first-order chi connectivity index (χ1) is 18.0. The van der Waals surface area contributed by atoms with Crippen molar-refractivity contribution in [3.63, 3.8) is 0 Å². The average Bonchev–Trinajstić information content (AvgIpc) is 3.62. The molecule has 3 aromatic rings. The van der Waals surface area contributed by atoms with E-state index in [1.54, 1.807) is 12.1 Å². The minimum absolute atomic E-state index is 0.0963. The maximum absolute atomic E-state index is 14.5. The molecule has 0 saturated carbocycles. The van der Waals surface area contributed by atoms with Crippen molar-refractivity contribution in [1.82, 2.24) is 4.90 Å². The third kappa shape index (κ3) is 2.61. The van der Waals surface area contributed by atoms with Crippen LogP contribution in [0.5, 0.6) is 0 Å². The molecule has 186 valence electrons. The number of fused-ring (bicyclic) bond motifs is 7. The van der Waals surface area contributed by atoms with Gasteiger partial charge in [-0.05, 0) is 55.1 Å². The molecule has 0 aliphatic carbocycles. The SMILES string of the molecule is CCc1cccc2c1NC(=O)[C@@]21N2CCC[C@@H]2[C@@H](C(=O)c2ccc(Br)cc2)[C@]12C(=O)Nc1ccccc12. The van der Waals surface area contributed by atoms with E-state index in [2.05, 4.69) is 38.4 Å². The van der Waals surface area contributed by atoms with Crippen molar-refractivity contribution in [3.8, 4) is 0 Å². The van der Waals surface area contributed by atoms with Gasteiger partial charge in [-0.1, -0.05) is 71.4 Å². The number of halogens is 1. The number of ketones is 1. The number of Topliss-reactive ketones (excluding diaryl/α,β-unsaturated/α-hetero) is 1. The van der Waals surface area contributed by atoms with E-state index in [-0.39, 0.29) is 23.6 Å². The molecule has 0 bridgehead atoms. The topological polar surface area (TPSA) is 78.5 Å². The molecular weight excluding hydrogens is 530 g/mol. The summed E-state index contributed by atoms with van der Waals surface area (Å²) >= 11 is 3.47. The summed E-state index contributed by atoms with van der Waals surface area (Å²) in [6.07, 6.45) is 2.37. The highest BCUT2D eigenvalue weighted by atomic mass is 79.9. The molecule has 7 heteroatoms. The summed E-state index contributed by atoms with van der Waals surface area (Å²) in [5.41, 5.74) is 1.86. The van der Waals surface area contributed by atoms with E-state index in [1.165, 1.54) is 0 Å². The summed E-state index contributed by atoms with van der Waals surface area (Å²) < 4.78 is 0.879. The molecule has 37 heavy (non-hydrogen) atoms. The highest BCUT2D eigenvalue weighted by Gasteiger charge is 2.81. The van der Waals surface area contributed by atoms with E-state index >= 15 is 0 Å². The van der Waals surface area contributed by atoms with Gasteiger partial charge in [0, 0.05) is 33.0 Å². The van der Waals surface area contributed by atoms with E-state index < -0.39 is 16.9 Å². The van der Waals surface area contributed by atoms with Crippen LogP contribution in [0, 0.1) is 5.92 Å². The van der Waals surface area contributed by atoms with Crippen molar-refractivity contribution in [2.45, 2.75) is 43.2 Å². The molecule has 7 rings (SSSR count). The van der Waals surface area contributed by atoms with Crippen LogP contribution in [0.4, 0.5) is 11.4 Å². The third-order valence-electron chi connectivity index (χ3n) is 9.01. The molecule has 4 aliphatic heterocycles. The first kappa shape index (κ1) is 22.9. The van der Waals surface area contributed by atoms with Crippen LogP contribution in [0.25, 0.3) is 0 Å². The lowest BCUT2D eigenvalue weighted by molar-refractivity contribution is -0.137. The summed E-state index contributed by atoms with van der Waals surface area (Å²) in [7, 11) is 0. The van der Waals surface area contributed by atoms with Gasteiger partial charge in [0.15, 0.2) is 5.78 Å². The lowest BCUT2D eigenvalue weighted by Crippen LogP contribution is -2.62. The summed E-state index contributed by atoms with van der Waals surface area (Å²) in [5.74, 6) is -1.31. The van der Waals surface area contributed by atoms with Gasteiger partial charge in [-0.15, -0.1) is 0 Å². The van der Waals surface area contributed by atoms with Gasteiger partial charge >= 0.3 is 0 Å². The maximum Gasteiger partial charge on any atom is 0.251 e. The number of para-hydroxylation sites is 2. The second-order valence-corrected chi connectivity index (χ2v) is 11.3. The normalized spacial score (nSPS) is 29.4. The summed E-state index contributed by atoms with van der Waals surface area (Å²) in [4.78, 5) is 45.7. The number of amides is 2. The Kier molecular flexibility index (Phi) is 4.86. The molecule has 0 unspecified atom stereocenters. The van der Waals surface area contributed by atoms with Crippen molar-refractivity contribution in [1.29, 1.82) is 0 Å². The number of benzene rings is 3. The largest absolute Gasteiger partial charge is 0.325 e. The molecule has 0 radical (unpaired) electrons. The molecule has 4 heterocycles. The Labute approximate surface area is 223 Å². The first-order valence-electron chi connectivity index (χ1n) is 12.9. The molecular formula is C30H26BrN3O3. The van der Waals surface area contributed by atoms with Crippen molar-refractivity contribution in [2.24, 2.45) is 5.92 Å². The first-order valence-corrected chi connectivity index (χ1v) is 13.7. The number of carbonyl (C=O) groups excluding carboxylic acids is 3. The van der Waals surface area contributed by atoms with Gasteiger partial charge < -0.3 is 10.6 Å². The van der Waals surface area contributed by atoms with Crippen molar-refractivity contribution >= 4 is 44.9 Å². The zero-order chi connectivity index (χ0) is 25.5. The lowest BCUT2D eigenvalue weighted by Gasteiger charge is -2.43. The number of hydrogen-bond donors (Lipinski definition) is 2. The lowest BCUT2D eigenvalue weighted by atomic mass is 9.57. The quantitative estimate of drug-likeness (QED) is 0.444. The van der Waals surface area contributed by atoms with Crippen LogP contribution < -0.4 is 10.6 Å². The molecule has 2 fully saturated rings. The number of carbonyl (C=O) groups is 3. The number of nitrogens with zero attached hydrogens (tertiary/aromatic N) is 1. The minimum Gasteiger partial charge on any atom is -0.325 e. The van der Waals surface area contributed by atoms with Crippen LogP contribution >= 0.6 is 15.9 Å². The molecule has 6 nitrogen and oxygen atoms in total. The Hall–Kier alpha value is -3.29. The molecule has 0 aromatic heterocycles. The monoisotopic (exact) mass is 555 g/mol. The van der Waals surface area contributed by atoms with Crippen LogP contribution in [0.15, 0.2) is 71.2 Å². The number of rotatable bonds is 3. The predicted octanol–water partition coefficient (Wildman–Crippen LogP) is 5.03. The molecule has 2 N–H and O–H groups in total. The minimum atomic E-state index is -1.40. The Morgan fingerprint density at radius 2 is 1.73 bits per heavy atom. The Bertz CT molecular complexity index is 1500. The Balaban J connectivity index is 1.59. The summed E-state index contributed by atoms with van der Waals surface area (Å²) in [6.45, 7) is 2.71. The van der Waals surface area contributed by atoms with E-state index in [1.807, 2.05) is 54.6 Å². The average molecular weight is 556 g/mol. The van der Waals surface area contributed by atoms with Crippen LogP contribution in [0.2, 0.25) is 0 Å². The number of hydrogen-bond acceptors (Lipinski definition) is 4. The van der Waals surface area contributed by atoms with Crippen LogP contribution in [-0.4, -0.2) is 35.1 Å². The maximum atomic E-state index is 14.5. The van der Waals surface area contributed by atoms with Gasteiger partial charge in [0.2, 0.25) is 5.91 Å². The fraction of sp³-hybridized carbons (Fsp3) is 0.300. The zero-order valence-corrected chi connectivity index (χ0v) is 22.0. The second-order valence-electron chi connectivity index (χ2n) is 10.4. The summed E-state index contributed by atoms with van der Waals surface area (Å²) in [6, 6.07) is 20.6. The summed E-state index contributed by atoms with van der Waals surface area (Å²) in [5, 5.41) is 6.28. The van der Waals surface area contributed by atoms with Crippen molar-refractivity contribution in [3.05, 3.63) is 93.5 Å². The zero-order valence-electron chi connectivity index (χ0n) is 20.4. The number of aryl methyl sites for hydroxylation is 1. The second kappa shape index (κ2) is 7.85. The van der Waals surface area contributed by atoms with E-state index in [4.69, 9.17) is 0 Å². The number of nitrogens with one attached hydrogen (secondary N) is 2. The van der Waals surface area contributed by atoms with Crippen LogP contribution in [-0.2, 0) is 27.0 Å². The van der Waals surface area contributed by atoms with Crippen LogP contribution in [0.1, 0.15) is 46.8 Å². The van der Waals surface area contributed by atoms with Crippen molar-refractivity contribution < 1.29 is 14.4 Å². The fourth-order valence-electron chi connectivity index (χ4n) is 7.75. The molecule has 4 aliphatic rings. The van der Waals surface area contributed by atoms with Gasteiger partial charge in [-0.25, -0.2) is 0 Å². The molecule has 4 atom stereocenters. The van der Waals surface area contributed by atoms with Gasteiger partial charge in [0.1, 0.15) is 11.0 Å². The number of anilines is 2. The van der Waals surface area contributed by atoms with E-state index in [9.17, 15) is 14.4 Å². The molecule has 2 spiro atoms. The van der Waals surface area contributed by atoms with E-state index in [0.717, 1.165) is 46.1 Å². The molecule has 3 aromatic carbocycles. The smallest absolute Gasteiger partial charge is 0.251 e. The van der Waals surface area contributed by atoms with Crippen molar-refractivity contribution in [2.75, 3.05) is 17.2 Å². The third-order valence-corrected chi connectivity index (χ3v) is 9.54. The predicted molar refractivity (Wildman–Crippen MR) is 145 cm³/mol. The highest BCUT2D eigenvalue weighted by molar-refractivity contribution is 9.10. The molecule has 2 saturated heterocycles.